The van der Waals surface area contributed by atoms with Crippen LogP contribution in [0.2, 0.25) is 0 Å². The van der Waals surface area contributed by atoms with E-state index >= 15 is 0 Å². The molecule has 2 fully saturated rings. The lowest BCUT2D eigenvalue weighted by atomic mass is 9.80. The summed E-state index contributed by atoms with van der Waals surface area (Å²) in [6.45, 7) is 2.22. The summed E-state index contributed by atoms with van der Waals surface area (Å²) in [4.78, 5) is 14.2. The molecule has 1 saturated carbocycles. The van der Waals surface area contributed by atoms with E-state index in [4.69, 9.17) is 14.0 Å². The number of hydrogen-bond donors (Lipinski definition) is 0. The van der Waals surface area contributed by atoms with Gasteiger partial charge in [0.25, 0.3) is 5.91 Å². The van der Waals surface area contributed by atoms with E-state index in [1.807, 2.05) is 4.90 Å². The van der Waals surface area contributed by atoms with Crippen molar-refractivity contribution in [1.29, 1.82) is 0 Å². The highest BCUT2D eigenvalue weighted by Gasteiger charge is 2.34. The van der Waals surface area contributed by atoms with Gasteiger partial charge in [-0.15, -0.1) is 0 Å². The molecule has 0 radical (unpaired) electrons. The van der Waals surface area contributed by atoms with E-state index in [1.165, 1.54) is 19.3 Å². The summed E-state index contributed by atoms with van der Waals surface area (Å²) in [5, 5.41) is 3.83. The Morgan fingerprint density at radius 1 is 1.55 bits per heavy atom. The van der Waals surface area contributed by atoms with E-state index in [0.717, 1.165) is 0 Å². The predicted molar refractivity (Wildman–Crippen MR) is 70.2 cm³/mol. The van der Waals surface area contributed by atoms with Gasteiger partial charge in [-0.1, -0.05) is 11.6 Å². The molecule has 1 aromatic rings. The standard InChI is InChI=1S/C14H20N2O4/c1-18-9-11-7-12(15-20-11)14(17)16-5-6-19-13(8-16)10-3-2-4-10/h7,10,13H,2-6,8-9H2,1H3. The fraction of sp³-hybridized carbons (Fsp3) is 0.714. The first kappa shape index (κ1) is 13.6. The Balaban J connectivity index is 1.62. The molecule has 1 unspecified atom stereocenters. The van der Waals surface area contributed by atoms with Crippen molar-refractivity contribution in [2.75, 3.05) is 26.8 Å². The van der Waals surface area contributed by atoms with Crippen LogP contribution in [0.5, 0.6) is 0 Å². The number of aromatic nitrogens is 1. The predicted octanol–water partition coefficient (Wildman–Crippen LogP) is 1.46. The zero-order valence-corrected chi connectivity index (χ0v) is 11.7. The number of carbonyl (C=O) groups is 1. The molecule has 110 valence electrons. The van der Waals surface area contributed by atoms with Crippen LogP contribution in [-0.4, -0.2) is 48.9 Å². The fourth-order valence-electron chi connectivity index (χ4n) is 2.74. The van der Waals surface area contributed by atoms with E-state index in [9.17, 15) is 4.79 Å². The molecule has 6 nitrogen and oxygen atoms in total. The van der Waals surface area contributed by atoms with Crippen LogP contribution in [0.25, 0.3) is 0 Å². The van der Waals surface area contributed by atoms with Crippen LogP contribution >= 0.6 is 0 Å². The molecule has 2 aliphatic rings. The highest BCUT2D eigenvalue weighted by molar-refractivity contribution is 5.92. The Morgan fingerprint density at radius 3 is 3.10 bits per heavy atom. The van der Waals surface area contributed by atoms with Crippen molar-refractivity contribution in [2.24, 2.45) is 5.92 Å². The molecule has 1 aromatic heterocycles. The minimum atomic E-state index is -0.0799. The van der Waals surface area contributed by atoms with Gasteiger partial charge in [-0.25, -0.2) is 0 Å². The quantitative estimate of drug-likeness (QED) is 0.835. The number of hydrogen-bond acceptors (Lipinski definition) is 5. The van der Waals surface area contributed by atoms with Gasteiger partial charge >= 0.3 is 0 Å². The first-order chi connectivity index (χ1) is 9.78. The van der Waals surface area contributed by atoms with Gasteiger partial charge in [0.2, 0.25) is 0 Å². The van der Waals surface area contributed by atoms with E-state index in [1.54, 1.807) is 13.2 Å². The van der Waals surface area contributed by atoms with Gasteiger partial charge in [-0.3, -0.25) is 4.79 Å². The Labute approximate surface area is 118 Å². The molecule has 3 rings (SSSR count). The second-order valence-corrected chi connectivity index (χ2v) is 5.46. The van der Waals surface area contributed by atoms with E-state index in [0.29, 0.717) is 43.7 Å². The Hall–Kier alpha value is -1.40. The highest BCUT2D eigenvalue weighted by atomic mass is 16.5. The number of nitrogens with zero attached hydrogens (tertiary/aromatic N) is 2. The summed E-state index contributed by atoms with van der Waals surface area (Å²) in [6, 6.07) is 1.65. The first-order valence-electron chi connectivity index (χ1n) is 7.13. The number of methoxy groups -OCH3 is 1. The zero-order chi connectivity index (χ0) is 13.9. The summed E-state index contributed by atoms with van der Waals surface area (Å²) in [5.74, 6) is 1.11. The molecule has 1 atom stereocenters. The lowest BCUT2D eigenvalue weighted by Crippen LogP contribution is -2.49. The van der Waals surface area contributed by atoms with Crippen molar-refractivity contribution in [1.82, 2.24) is 10.1 Å². The minimum Gasteiger partial charge on any atom is -0.377 e. The van der Waals surface area contributed by atoms with E-state index in [-0.39, 0.29) is 12.0 Å². The molecule has 1 saturated heterocycles. The second-order valence-electron chi connectivity index (χ2n) is 5.46. The van der Waals surface area contributed by atoms with Crippen molar-refractivity contribution in [3.63, 3.8) is 0 Å². The largest absolute Gasteiger partial charge is 0.377 e. The second kappa shape index (κ2) is 5.93. The molecular formula is C14H20N2O4. The van der Waals surface area contributed by atoms with Crippen LogP contribution < -0.4 is 0 Å². The molecule has 0 aromatic carbocycles. The van der Waals surface area contributed by atoms with Crippen molar-refractivity contribution in [3.8, 4) is 0 Å². The maximum atomic E-state index is 12.4. The molecule has 0 bridgehead atoms. The smallest absolute Gasteiger partial charge is 0.276 e. The Kier molecular flexibility index (Phi) is 4.03. The zero-order valence-electron chi connectivity index (χ0n) is 11.7. The molecule has 1 aliphatic heterocycles. The van der Waals surface area contributed by atoms with Crippen molar-refractivity contribution in [3.05, 3.63) is 17.5 Å². The fourth-order valence-corrected chi connectivity index (χ4v) is 2.74. The maximum absolute atomic E-state index is 12.4. The van der Waals surface area contributed by atoms with Gasteiger partial charge in [0.15, 0.2) is 11.5 Å². The number of ether oxygens (including phenoxy) is 2. The summed E-state index contributed by atoms with van der Waals surface area (Å²) in [5.41, 5.74) is 0.353. The summed E-state index contributed by atoms with van der Waals surface area (Å²) in [7, 11) is 1.58. The summed E-state index contributed by atoms with van der Waals surface area (Å²) < 4.78 is 15.8. The molecule has 1 aliphatic carbocycles. The number of rotatable bonds is 4. The average molecular weight is 280 g/mol. The lowest BCUT2D eigenvalue weighted by Gasteiger charge is -2.40. The summed E-state index contributed by atoms with van der Waals surface area (Å²) >= 11 is 0. The molecule has 20 heavy (non-hydrogen) atoms. The van der Waals surface area contributed by atoms with Crippen LogP contribution in [0, 0.1) is 5.92 Å². The third kappa shape index (κ3) is 2.71. The minimum absolute atomic E-state index is 0.0799. The topological polar surface area (TPSA) is 64.8 Å². The molecular weight excluding hydrogens is 260 g/mol. The van der Waals surface area contributed by atoms with Crippen LogP contribution in [-0.2, 0) is 16.1 Å². The molecule has 2 heterocycles. The van der Waals surface area contributed by atoms with Crippen molar-refractivity contribution < 1.29 is 18.8 Å². The molecule has 0 spiro atoms. The number of carbonyl (C=O) groups excluding carboxylic acids is 1. The van der Waals surface area contributed by atoms with Gasteiger partial charge in [-0.05, 0) is 18.8 Å². The monoisotopic (exact) mass is 280 g/mol. The summed E-state index contributed by atoms with van der Waals surface area (Å²) in [6.07, 6.45) is 3.90. The normalized spacial score (nSPS) is 23.6. The number of morpholine rings is 1. The third-order valence-electron chi connectivity index (χ3n) is 4.12. The SMILES string of the molecule is COCc1cc(C(=O)N2CCOC(C3CCC3)C2)no1. The first-order valence-corrected chi connectivity index (χ1v) is 7.13. The third-order valence-corrected chi connectivity index (χ3v) is 4.12. The van der Waals surface area contributed by atoms with Gasteiger partial charge in [-0.2, -0.15) is 0 Å². The number of amides is 1. The van der Waals surface area contributed by atoms with Crippen LogP contribution in [0.3, 0.4) is 0 Å². The van der Waals surface area contributed by atoms with Gasteiger partial charge in [0.1, 0.15) is 6.61 Å². The molecule has 0 N–H and O–H groups in total. The Morgan fingerprint density at radius 2 is 2.40 bits per heavy atom. The van der Waals surface area contributed by atoms with Crippen molar-refractivity contribution in [2.45, 2.75) is 32.0 Å². The Bertz CT molecular complexity index is 469. The van der Waals surface area contributed by atoms with E-state index in [2.05, 4.69) is 5.16 Å². The lowest BCUT2D eigenvalue weighted by molar-refractivity contribution is -0.0661. The van der Waals surface area contributed by atoms with Gasteiger partial charge < -0.3 is 18.9 Å². The van der Waals surface area contributed by atoms with Gasteiger partial charge in [0, 0.05) is 26.3 Å². The van der Waals surface area contributed by atoms with Crippen molar-refractivity contribution >= 4 is 5.91 Å². The molecule has 1 amide bonds. The molecule has 6 heteroatoms. The average Bonchev–Trinajstić information content (AvgIpc) is 2.85. The van der Waals surface area contributed by atoms with E-state index < -0.39 is 0 Å². The van der Waals surface area contributed by atoms with Crippen LogP contribution in [0.15, 0.2) is 10.6 Å². The van der Waals surface area contributed by atoms with Crippen LogP contribution in [0.4, 0.5) is 0 Å². The maximum Gasteiger partial charge on any atom is 0.276 e. The van der Waals surface area contributed by atoms with Gasteiger partial charge in [0.05, 0.1) is 12.7 Å². The van der Waals surface area contributed by atoms with Crippen LogP contribution in [0.1, 0.15) is 35.5 Å². The highest BCUT2D eigenvalue weighted by Crippen LogP contribution is 2.32.